The first-order valence-corrected chi connectivity index (χ1v) is 5.49. The van der Waals surface area contributed by atoms with Crippen LogP contribution in [0.3, 0.4) is 0 Å². The Balaban J connectivity index is 2.74. The highest BCUT2D eigenvalue weighted by Crippen LogP contribution is 2.15. The van der Waals surface area contributed by atoms with Gasteiger partial charge in [0.05, 0.1) is 4.83 Å². The summed E-state index contributed by atoms with van der Waals surface area (Å²) < 4.78 is 0. The van der Waals surface area contributed by atoms with E-state index in [4.69, 9.17) is 16.7 Å². The summed E-state index contributed by atoms with van der Waals surface area (Å²) in [6.07, 6.45) is 0.418. The molecule has 1 aromatic carbocycles. The molecule has 0 saturated carbocycles. The molecule has 1 rings (SSSR count). The van der Waals surface area contributed by atoms with E-state index in [0.717, 1.165) is 0 Å². The molecule has 0 fully saturated rings. The SMILES string of the molecule is O=C(c1ccc(Cl)cc1)C(Br)CCO. The number of aliphatic hydroxyl groups is 1. The van der Waals surface area contributed by atoms with Crippen LogP contribution < -0.4 is 0 Å². The van der Waals surface area contributed by atoms with Gasteiger partial charge in [-0.3, -0.25) is 4.79 Å². The van der Waals surface area contributed by atoms with Crippen LogP contribution in [0.25, 0.3) is 0 Å². The summed E-state index contributed by atoms with van der Waals surface area (Å²) in [6.45, 7) is -0.00472. The molecule has 0 aliphatic heterocycles. The Morgan fingerprint density at radius 1 is 1.43 bits per heavy atom. The lowest BCUT2D eigenvalue weighted by Gasteiger charge is -2.06. The summed E-state index contributed by atoms with van der Waals surface area (Å²) in [7, 11) is 0. The first kappa shape index (κ1) is 11.7. The molecular formula is C10H10BrClO2. The van der Waals surface area contributed by atoms with Crippen LogP contribution in [-0.4, -0.2) is 22.3 Å². The predicted molar refractivity (Wildman–Crippen MR) is 60.2 cm³/mol. The van der Waals surface area contributed by atoms with Crippen molar-refractivity contribution in [1.82, 2.24) is 0 Å². The third-order valence-electron chi connectivity index (χ3n) is 1.80. The molecule has 0 spiro atoms. The van der Waals surface area contributed by atoms with E-state index in [0.29, 0.717) is 17.0 Å². The minimum absolute atomic E-state index is 0.00472. The zero-order valence-electron chi connectivity index (χ0n) is 7.41. The molecule has 0 aliphatic carbocycles. The molecule has 14 heavy (non-hydrogen) atoms. The van der Waals surface area contributed by atoms with Crippen molar-refractivity contribution in [3.8, 4) is 0 Å². The smallest absolute Gasteiger partial charge is 0.176 e. The Morgan fingerprint density at radius 3 is 2.50 bits per heavy atom. The van der Waals surface area contributed by atoms with E-state index in [1.54, 1.807) is 24.3 Å². The second-order valence-electron chi connectivity index (χ2n) is 2.85. The fourth-order valence-corrected chi connectivity index (χ4v) is 1.63. The fourth-order valence-electron chi connectivity index (χ4n) is 1.04. The normalized spacial score (nSPS) is 12.5. The highest BCUT2D eigenvalue weighted by Gasteiger charge is 2.15. The average molecular weight is 278 g/mol. The molecule has 0 heterocycles. The molecule has 0 aromatic heterocycles. The van der Waals surface area contributed by atoms with E-state index < -0.39 is 0 Å². The second kappa shape index (κ2) is 5.49. The van der Waals surface area contributed by atoms with Gasteiger partial charge in [0.25, 0.3) is 0 Å². The predicted octanol–water partition coefficient (Wildman–Crippen LogP) is 2.67. The zero-order chi connectivity index (χ0) is 10.6. The van der Waals surface area contributed by atoms with Gasteiger partial charge in [-0.1, -0.05) is 27.5 Å². The zero-order valence-corrected chi connectivity index (χ0v) is 9.75. The molecule has 1 unspecified atom stereocenters. The molecule has 4 heteroatoms. The first-order valence-electron chi connectivity index (χ1n) is 4.20. The van der Waals surface area contributed by atoms with Gasteiger partial charge in [0.15, 0.2) is 5.78 Å². The number of hydrogen-bond acceptors (Lipinski definition) is 2. The molecule has 2 nitrogen and oxygen atoms in total. The van der Waals surface area contributed by atoms with Crippen LogP contribution in [0, 0.1) is 0 Å². The van der Waals surface area contributed by atoms with Crippen LogP contribution in [0.2, 0.25) is 5.02 Å². The van der Waals surface area contributed by atoms with Crippen LogP contribution >= 0.6 is 27.5 Å². The van der Waals surface area contributed by atoms with E-state index in [1.807, 2.05) is 0 Å². The lowest BCUT2D eigenvalue weighted by molar-refractivity contribution is 0.0981. The highest BCUT2D eigenvalue weighted by atomic mass is 79.9. The van der Waals surface area contributed by atoms with E-state index >= 15 is 0 Å². The molecule has 0 amide bonds. The van der Waals surface area contributed by atoms with Crippen molar-refractivity contribution in [2.75, 3.05) is 6.61 Å². The number of alkyl halides is 1. The maximum absolute atomic E-state index is 11.6. The van der Waals surface area contributed by atoms with E-state index in [2.05, 4.69) is 15.9 Å². The van der Waals surface area contributed by atoms with Crippen LogP contribution in [0.1, 0.15) is 16.8 Å². The number of Topliss-reactive ketones (excluding diaryl/α,β-unsaturated/α-hetero) is 1. The number of halogens is 2. The molecule has 76 valence electrons. The van der Waals surface area contributed by atoms with Crippen molar-refractivity contribution in [1.29, 1.82) is 0 Å². The molecule has 1 N–H and O–H groups in total. The summed E-state index contributed by atoms with van der Waals surface area (Å²) in [5, 5.41) is 9.28. The fraction of sp³-hybridized carbons (Fsp3) is 0.300. The van der Waals surface area contributed by atoms with E-state index in [1.165, 1.54) is 0 Å². The van der Waals surface area contributed by atoms with Crippen LogP contribution in [-0.2, 0) is 0 Å². The molecule has 1 atom stereocenters. The Labute approximate surface area is 96.0 Å². The quantitative estimate of drug-likeness (QED) is 0.679. The molecule has 0 radical (unpaired) electrons. The lowest BCUT2D eigenvalue weighted by Crippen LogP contribution is -2.15. The molecule has 0 bridgehead atoms. The summed E-state index contributed by atoms with van der Waals surface area (Å²) in [5.74, 6) is -0.0317. The summed E-state index contributed by atoms with van der Waals surface area (Å²) in [4.78, 5) is 11.3. The Bertz CT molecular complexity index is 310. The maximum atomic E-state index is 11.6. The Hall–Kier alpha value is -0.380. The number of aliphatic hydroxyl groups excluding tert-OH is 1. The third kappa shape index (κ3) is 3.08. The van der Waals surface area contributed by atoms with Crippen molar-refractivity contribution < 1.29 is 9.90 Å². The van der Waals surface area contributed by atoms with Gasteiger partial charge in [0, 0.05) is 17.2 Å². The van der Waals surface area contributed by atoms with Crippen molar-refractivity contribution in [3.63, 3.8) is 0 Å². The number of ketones is 1. The standard InChI is InChI=1S/C10H10BrClO2/c11-9(5-6-13)10(14)7-1-3-8(12)4-2-7/h1-4,9,13H,5-6H2. The number of rotatable bonds is 4. The minimum atomic E-state index is -0.325. The van der Waals surface area contributed by atoms with Crippen LogP contribution in [0.5, 0.6) is 0 Å². The Kier molecular flexibility index (Phi) is 4.58. The number of carbonyl (C=O) groups excluding carboxylic acids is 1. The third-order valence-corrected chi connectivity index (χ3v) is 2.92. The van der Waals surface area contributed by atoms with E-state index in [9.17, 15) is 4.79 Å². The molecule has 0 saturated heterocycles. The lowest BCUT2D eigenvalue weighted by atomic mass is 10.1. The highest BCUT2D eigenvalue weighted by molar-refractivity contribution is 9.10. The van der Waals surface area contributed by atoms with Crippen molar-refractivity contribution >= 4 is 33.3 Å². The molecule has 0 aliphatic rings. The molecular weight excluding hydrogens is 267 g/mol. The van der Waals surface area contributed by atoms with E-state index in [-0.39, 0.29) is 17.2 Å². The van der Waals surface area contributed by atoms with Crippen molar-refractivity contribution in [3.05, 3.63) is 34.9 Å². The molecule has 1 aromatic rings. The maximum Gasteiger partial charge on any atom is 0.176 e. The van der Waals surface area contributed by atoms with Crippen molar-refractivity contribution in [2.45, 2.75) is 11.2 Å². The summed E-state index contributed by atoms with van der Waals surface area (Å²) in [5.41, 5.74) is 0.602. The van der Waals surface area contributed by atoms with Gasteiger partial charge >= 0.3 is 0 Å². The summed E-state index contributed by atoms with van der Waals surface area (Å²) >= 11 is 8.91. The van der Waals surface area contributed by atoms with Gasteiger partial charge in [-0.2, -0.15) is 0 Å². The van der Waals surface area contributed by atoms with Gasteiger partial charge in [-0.15, -0.1) is 0 Å². The van der Waals surface area contributed by atoms with Crippen LogP contribution in [0.15, 0.2) is 24.3 Å². The van der Waals surface area contributed by atoms with Crippen LogP contribution in [0.4, 0.5) is 0 Å². The largest absolute Gasteiger partial charge is 0.396 e. The van der Waals surface area contributed by atoms with Gasteiger partial charge in [-0.05, 0) is 30.7 Å². The number of carbonyl (C=O) groups is 1. The summed E-state index contributed by atoms with van der Waals surface area (Å²) in [6, 6.07) is 6.70. The van der Waals surface area contributed by atoms with Gasteiger partial charge in [-0.25, -0.2) is 0 Å². The van der Waals surface area contributed by atoms with Gasteiger partial charge in [0.1, 0.15) is 0 Å². The topological polar surface area (TPSA) is 37.3 Å². The monoisotopic (exact) mass is 276 g/mol. The van der Waals surface area contributed by atoms with Gasteiger partial charge < -0.3 is 5.11 Å². The average Bonchev–Trinajstić information content (AvgIpc) is 2.18. The second-order valence-corrected chi connectivity index (χ2v) is 4.39. The number of hydrogen-bond donors (Lipinski definition) is 1. The first-order chi connectivity index (χ1) is 6.65. The Morgan fingerprint density at radius 2 is 2.00 bits per heavy atom. The van der Waals surface area contributed by atoms with Gasteiger partial charge in [0.2, 0.25) is 0 Å². The van der Waals surface area contributed by atoms with Crippen molar-refractivity contribution in [2.24, 2.45) is 0 Å². The minimum Gasteiger partial charge on any atom is -0.396 e. The number of benzene rings is 1.